The zero-order chi connectivity index (χ0) is 7.11. The van der Waals surface area contributed by atoms with Crippen LogP contribution in [-0.4, -0.2) is 0 Å². The van der Waals surface area contributed by atoms with E-state index in [1.54, 1.807) is 0 Å². The third kappa shape index (κ3) is 5.61. The molecule has 0 bridgehead atoms. The molecule has 0 amide bonds. The number of unbranched alkanes of at least 4 members (excludes halogenated alkanes) is 2. The molecule has 0 nitrogen and oxygen atoms in total. The summed E-state index contributed by atoms with van der Waals surface area (Å²) < 4.78 is 0. The topological polar surface area (TPSA) is 0 Å². The lowest BCUT2D eigenvalue weighted by Crippen LogP contribution is -1.87. The SMILES string of the molecule is C=C[C@H](C)CCCCC. The molecule has 0 saturated carbocycles. The lowest BCUT2D eigenvalue weighted by atomic mass is 10.0. The largest absolute Gasteiger partial charge is 0.103 e. The van der Waals surface area contributed by atoms with E-state index in [-0.39, 0.29) is 0 Å². The molecule has 0 heteroatoms. The van der Waals surface area contributed by atoms with Gasteiger partial charge >= 0.3 is 0 Å². The highest BCUT2D eigenvalue weighted by Gasteiger charge is 1.93. The summed E-state index contributed by atoms with van der Waals surface area (Å²) in [5.74, 6) is 0.719. The highest BCUT2D eigenvalue weighted by Crippen LogP contribution is 2.08. The fourth-order valence-electron chi connectivity index (χ4n) is 0.834. The molecule has 1 atom stereocenters. The number of allylic oxidation sites excluding steroid dienone is 1. The van der Waals surface area contributed by atoms with Gasteiger partial charge in [0.05, 0.1) is 0 Å². The van der Waals surface area contributed by atoms with Gasteiger partial charge < -0.3 is 0 Å². The summed E-state index contributed by atoms with van der Waals surface area (Å²) in [5, 5.41) is 0. The normalized spacial score (nSPS) is 13.1. The molecule has 0 aliphatic carbocycles. The van der Waals surface area contributed by atoms with Crippen LogP contribution in [0.3, 0.4) is 0 Å². The van der Waals surface area contributed by atoms with Crippen molar-refractivity contribution < 1.29 is 0 Å². The number of rotatable bonds is 5. The third-order valence-electron chi connectivity index (χ3n) is 1.67. The molecule has 0 spiro atoms. The first-order valence-electron chi connectivity index (χ1n) is 3.93. The Morgan fingerprint density at radius 3 is 2.56 bits per heavy atom. The summed E-state index contributed by atoms with van der Waals surface area (Å²) in [5.41, 5.74) is 0. The van der Waals surface area contributed by atoms with Gasteiger partial charge in [-0.05, 0) is 12.3 Å². The average molecular weight is 126 g/mol. The lowest BCUT2D eigenvalue weighted by Gasteiger charge is -2.02. The molecular formula is C9H18. The van der Waals surface area contributed by atoms with Crippen LogP contribution in [0.2, 0.25) is 0 Å². The molecule has 0 aliphatic heterocycles. The second-order valence-electron chi connectivity index (χ2n) is 2.71. The van der Waals surface area contributed by atoms with Crippen molar-refractivity contribution in [2.45, 2.75) is 39.5 Å². The van der Waals surface area contributed by atoms with Gasteiger partial charge in [-0.15, -0.1) is 6.58 Å². The standard InChI is InChI=1S/C9H18/c1-4-6-7-8-9(3)5-2/h5,9H,2,4,6-8H2,1,3H3/t9-/m0/s1. The zero-order valence-corrected chi connectivity index (χ0v) is 6.69. The van der Waals surface area contributed by atoms with Gasteiger partial charge in [0.15, 0.2) is 0 Å². The second-order valence-corrected chi connectivity index (χ2v) is 2.71. The van der Waals surface area contributed by atoms with E-state index in [1.807, 2.05) is 6.08 Å². The van der Waals surface area contributed by atoms with Gasteiger partial charge in [-0.25, -0.2) is 0 Å². The second kappa shape index (κ2) is 5.87. The Balaban J connectivity index is 2.96. The van der Waals surface area contributed by atoms with Crippen molar-refractivity contribution in [1.82, 2.24) is 0 Å². The minimum atomic E-state index is 0.719. The number of hydrogen-bond acceptors (Lipinski definition) is 0. The smallest absolute Gasteiger partial charge is 0.0265 e. The quantitative estimate of drug-likeness (QED) is 0.391. The summed E-state index contributed by atoms with van der Waals surface area (Å²) in [6.45, 7) is 8.20. The van der Waals surface area contributed by atoms with Crippen LogP contribution < -0.4 is 0 Å². The van der Waals surface area contributed by atoms with Crippen LogP contribution in [0.5, 0.6) is 0 Å². The maximum absolute atomic E-state index is 3.74. The van der Waals surface area contributed by atoms with Crippen LogP contribution >= 0.6 is 0 Å². The average Bonchev–Trinajstić information content (AvgIpc) is 1.89. The minimum absolute atomic E-state index is 0.719. The fraction of sp³-hybridized carbons (Fsp3) is 0.778. The Kier molecular flexibility index (Phi) is 5.70. The first-order chi connectivity index (χ1) is 4.31. The van der Waals surface area contributed by atoms with Crippen LogP contribution in [0.4, 0.5) is 0 Å². The van der Waals surface area contributed by atoms with Crippen molar-refractivity contribution in [3.8, 4) is 0 Å². The summed E-state index contributed by atoms with van der Waals surface area (Å²) in [6.07, 6.45) is 7.42. The highest BCUT2D eigenvalue weighted by molar-refractivity contribution is 4.74. The highest BCUT2D eigenvalue weighted by atomic mass is 14.0. The fourth-order valence-corrected chi connectivity index (χ4v) is 0.834. The van der Waals surface area contributed by atoms with E-state index in [4.69, 9.17) is 0 Å². The van der Waals surface area contributed by atoms with Gasteiger partial charge in [0.25, 0.3) is 0 Å². The van der Waals surface area contributed by atoms with Gasteiger partial charge in [-0.1, -0.05) is 39.2 Å². The first kappa shape index (κ1) is 8.74. The van der Waals surface area contributed by atoms with Gasteiger partial charge in [0, 0.05) is 0 Å². The molecule has 0 aromatic rings. The van der Waals surface area contributed by atoms with Crippen molar-refractivity contribution >= 4 is 0 Å². The molecule has 0 radical (unpaired) electrons. The summed E-state index contributed by atoms with van der Waals surface area (Å²) in [6, 6.07) is 0. The Morgan fingerprint density at radius 2 is 2.11 bits per heavy atom. The zero-order valence-electron chi connectivity index (χ0n) is 6.69. The molecule has 0 heterocycles. The molecule has 0 aromatic carbocycles. The van der Waals surface area contributed by atoms with Crippen LogP contribution in [0.25, 0.3) is 0 Å². The monoisotopic (exact) mass is 126 g/mol. The van der Waals surface area contributed by atoms with E-state index in [0.717, 1.165) is 5.92 Å². The van der Waals surface area contributed by atoms with Gasteiger partial charge in [-0.3, -0.25) is 0 Å². The minimum Gasteiger partial charge on any atom is -0.103 e. The van der Waals surface area contributed by atoms with Crippen LogP contribution in [0.15, 0.2) is 12.7 Å². The molecule has 0 N–H and O–H groups in total. The number of hydrogen-bond donors (Lipinski definition) is 0. The maximum atomic E-state index is 3.74. The van der Waals surface area contributed by atoms with Gasteiger partial charge in [-0.2, -0.15) is 0 Å². The Hall–Kier alpha value is -0.260. The molecule has 0 fully saturated rings. The van der Waals surface area contributed by atoms with Gasteiger partial charge in [0.2, 0.25) is 0 Å². The molecule has 0 aliphatic rings. The molecule has 0 rings (SSSR count). The van der Waals surface area contributed by atoms with Crippen molar-refractivity contribution in [2.75, 3.05) is 0 Å². The molecular weight excluding hydrogens is 108 g/mol. The predicted molar refractivity (Wildman–Crippen MR) is 43.5 cm³/mol. The van der Waals surface area contributed by atoms with E-state index in [2.05, 4.69) is 20.4 Å². The van der Waals surface area contributed by atoms with Crippen molar-refractivity contribution in [3.05, 3.63) is 12.7 Å². The lowest BCUT2D eigenvalue weighted by molar-refractivity contribution is 0.577. The Labute approximate surface area is 59.0 Å². The van der Waals surface area contributed by atoms with Crippen molar-refractivity contribution in [3.63, 3.8) is 0 Å². The van der Waals surface area contributed by atoms with E-state index < -0.39 is 0 Å². The molecule has 0 saturated heterocycles. The van der Waals surface area contributed by atoms with Gasteiger partial charge in [0.1, 0.15) is 0 Å². The van der Waals surface area contributed by atoms with E-state index in [0.29, 0.717) is 0 Å². The van der Waals surface area contributed by atoms with E-state index >= 15 is 0 Å². The van der Waals surface area contributed by atoms with E-state index in [1.165, 1.54) is 25.7 Å². The third-order valence-corrected chi connectivity index (χ3v) is 1.67. The Bertz CT molecular complexity index is 64.4. The molecule has 54 valence electrons. The van der Waals surface area contributed by atoms with Crippen LogP contribution in [0, 0.1) is 5.92 Å². The maximum Gasteiger partial charge on any atom is -0.0265 e. The molecule has 0 aromatic heterocycles. The first-order valence-corrected chi connectivity index (χ1v) is 3.93. The van der Waals surface area contributed by atoms with Crippen LogP contribution in [-0.2, 0) is 0 Å². The predicted octanol–water partition coefficient (Wildman–Crippen LogP) is 3.39. The molecule has 9 heavy (non-hydrogen) atoms. The summed E-state index contributed by atoms with van der Waals surface area (Å²) in [4.78, 5) is 0. The summed E-state index contributed by atoms with van der Waals surface area (Å²) >= 11 is 0. The van der Waals surface area contributed by atoms with Crippen molar-refractivity contribution in [1.29, 1.82) is 0 Å². The van der Waals surface area contributed by atoms with Crippen molar-refractivity contribution in [2.24, 2.45) is 5.92 Å². The van der Waals surface area contributed by atoms with E-state index in [9.17, 15) is 0 Å². The molecule has 0 unspecified atom stereocenters. The summed E-state index contributed by atoms with van der Waals surface area (Å²) in [7, 11) is 0. The Morgan fingerprint density at radius 1 is 1.44 bits per heavy atom. The van der Waals surface area contributed by atoms with Crippen LogP contribution in [0.1, 0.15) is 39.5 Å².